The first kappa shape index (κ1) is 21.8. The van der Waals surface area contributed by atoms with Crippen LogP contribution < -0.4 is 0 Å². The molecule has 0 amide bonds. The Bertz CT molecular complexity index is 805. The maximum Gasteiger partial charge on any atom is 0.180 e. The molecule has 2 aromatic rings. The predicted molar refractivity (Wildman–Crippen MR) is 116 cm³/mol. The molecule has 2 aromatic heterocycles. The average Bonchev–Trinajstić information content (AvgIpc) is 3.50. The molecule has 0 bridgehead atoms. The molecular weight excluding hydrogens is 380 g/mol. The lowest BCUT2D eigenvalue weighted by molar-refractivity contribution is -0.179. The molecule has 2 aliphatic rings. The predicted octanol–water partition coefficient (Wildman–Crippen LogP) is 4.61. The second-order valence-electron chi connectivity index (χ2n) is 8.83. The third-order valence-electron chi connectivity index (χ3n) is 6.74. The van der Waals surface area contributed by atoms with Crippen LogP contribution in [0.25, 0.3) is 5.52 Å². The molecule has 1 N–H and O–H groups in total. The summed E-state index contributed by atoms with van der Waals surface area (Å²) in [5, 5.41) is 11.9. The van der Waals surface area contributed by atoms with Gasteiger partial charge in [0.2, 0.25) is 0 Å². The van der Waals surface area contributed by atoms with Crippen molar-refractivity contribution in [2.75, 3.05) is 26.4 Å². The second kappa shape index (κ2) is 9.77. The Morgan fingerprint density at radius 3 is 2.57 bits per heavy atom. The van der Waals surface area contributed by atoms with Gasteiger partial charge in [0, 0.05) is 30.4 Å². The number of rotatable bonds is 11. The molecular formula is C24H36N2O4. The Labute approximate surface area is 179 Å². The third-order valence-corrected chi connectivity index (χ3v) is 6.74. The van der Waals surface area contributed by atoms with E-state index in [9.17, 15) is 5.11 Å². The molecule has 6 nitrogen and oxygen atoms in total. The topological polar surface area (TPSA) is 65.2 Å². The van der Waals surface area contributed by atoms with Crippen LogP contribution in [0.2, 0.25) is 0 Å². The minimum absolute atomic E-state index is 0.281. The van der Waals surface area contributed by atoms with Gasteiger partial charge in [0.1, 0.15) is 0 Å². The van der Waals surface area contributed by atoms with Crippen LogP contribution in [-0.2, 0) is 14.2 Å². The van der Waals surface area contributed by atoms with E-state index in [-0.39, 0.29) is 11.7 Å². The molecule has 0 aromatic carbocycles. The number of pyridine rings is 1. The number of aliphatic hydroxyl groups excluding tert-OH is 1. The number of nitrogens with zero attached hydrogens (tertiary/aromatic N) is 2. The summed E-state index contributed by atoms with van der Waals surface area (Å²) in [6.07, 6.45) is 12.7. The highest BCUT2D eigenvalue weighted by Crippen LogP contribution is 2.51. The van der Waals surface area contributed by atoms with Gasteiger partial charge in [-0.25, -0.2) is 4.98 Å². The maximum atomic E-state index is 11.9. The van der Waals surface area contributed by atoms with Crippen molar-refractivity contribution in [3.8, 4) is 0 Å². The van der Waals surface area contributed by atoms with Gasteiger partial charge >= 0.3 is 0 Å². The van der Waals surface area contributed by atoms with E-state index in [1.54, 1.807) is 0 Å². The SMILES string of the molecule is CCOC(COCC1(C(O)c2c(C3CC3)ccn3cncc23)CCCCC1)OCC. The van der Waals surface area contributed by atoms with Gasteiger partial charge in [-0.15, -0.1) is 0 Å². The number of fused-ring (bicyclic) bond motifs is 1. The van der Waals surface area contributed by atoms with Crippen LogP contribution in [0.1, 0.15) is 81.9 Å². The van der Waals surface area contributed by atoms with Crippen molar-refractivity contribution in [1.29, 1.82) is 0 Å². The van der Waals surface area contributed by atoms with E-state index in [0.29, 0.717) is 32.3 Å². The van der Waals surface area contributed by atoms with Crippen molar-refractivity contribution in [1.82, 2.24) is 9.38 Å². The summed E-state index contributed by atoms with van der Waals surface area (Å²) in [5.74, 6) is 0.566. The monoisotopic (exact) mass is 416 g/mol. The first-order valence-corrected chi connectivity index (χ1v) is 11.6. The molecule has 2 heterocycles. The Balaban J connectivity index is 1.58. The highest BCUT2D eigenvalue weighted by Gasteiger charge is 2.43. The summed E-state index contributed by atoms with van der Waals surface area (Å²) in [7, 11) is 0. The van der Waals surface area contributed by atoms with E-state index in [0.717, 1.165) is 36.8 Å². The summed E-state index contributed by atoms with van der Waals surface area (Å²) >= 11 is 0. The van der Waals surface area contributed by atoms with Gasteiger partial charge in [-0.1, -0.05) is 19.3 Å². The fourth-order valence-corrected chi connectivity index (χ4v) is 5.01. The molecule has 0 radical (unpaired) electrons. The van der Waals surface area contributed by atoms with Crippen molar-refractivity contribution in [2.24, 2.45) is 5.41 Å². The van der Waals surface area contributed by atoms with E-state index in [1.165, 1.54) is 24.8 Å². The number of imidazole rings is 1. The van der Waals surface area contributed by atoms with E-state index >= 15 is 0 Å². The minimum Gasteiger partial charge on any atom is -0.388 e. The normalized spacial score (nSPS) is 20.1. The zero-order valence-corrected chi connectivity index (χ0v) is 18.4. The number of aliphatic hydroxyl groups is 1. The van der Waals surface area contributed by atoms with Gasteiger partial charge in [-0.05, 0) is 57.1 Å². The zero-order valence-electron chi connectivity index (χ0n) is 18.4. The molecule has 2 aliphatic carbocycles. The standard InChI is InChI=1S/C24H36N2O4/c1-3-29-21(30-4-2)15-28-16-24(11-6-5-7-12-24)23(27)22-19(18-8-9-18)10-13-26-17-25-14-20(22)26/h10,13-14,17-18,21,23,27H,3-9,11-12,15-16H2,1-2H3. The fourth-order valence-electron chi connectivity index (χ4n) is 5.01. The van der Waals surface area contributed by atoms with Crippen molar-refractivity contribution in [3.05, 3.63) is 35.9 Å². The quantitative estimate of drug-likeness (QED) is 0.542. The fraction of sp³-hybridized carbons (Fsp3) is 0.708. The van der Waals surface area contributed by atoms with Crippen molar-refractivity contribution in [2.45, 2.75) is 77.1 Å². The Kier molecular flexibility index (Phi) is 7.08. The van der Waals surface area contributed by atoms with Crippen LogP contribution in [-0.4, -0.2) is 47.2 Å². The van der Waals surface area contributed by atoms with Crippen LogP contribution in [0, 0.1) is 5.41 Å². The van der Waals surface area contributed by atoms with E-state index < -0.39 is 6.10 Å². The molecule has 0 saturated heterocycles. The summed E-state index contributed by atoms with van der Waals surface area (Å²) in [4.78, 5) is 4.35. The molecule has 0 aliphatic heterocycles. The van der Waals surface area contributed by atoms with E-state index in [4.69, 9.17) is 14.2 Å². The Morgan fingerprint density at radius 2 is 1.90 bits per heavy atom. The van der Waals surface area contributed by atoms with Gasteiger partial charge in [-0.2, -0.15) is 0 Å². The summed E-state index contributed by atoms with van der Waals surface area (Å²) in [5.41, 5.74) is 3.10. The smallest absolute Gasteiger partial charge is 0.180 e. The molecule has 0 spiro atoms. The molecule has 4 rings (SSSR count). The lowest BCUT2D eigenvalue weighted by Crippen LogP contribution is -2.38. The van der Waals surface area contributed by atoms with Crippen molar-refractivity contribution < 1.29 is 19.3 Å². The van der Waals surface area contributed by atoms with Crippen LogP contribution in [0.5, 0.6) is 0 Å². The maximum absolute atomic E-state index is 11.9. The van der Waals surface area contributed by atoms with Gasteiger partial charge < -0.3 is 23.7 Å². The van der Waals surface area contributed by atoms with Gasteiger partial charge in [-0.3, -0.25) is 0 Å². The van der Waals surface area contributed by atoms with Gasteiger partial charge in [0.05, 0.1) is 37.4 Å². The van der Waals surface area contributed by atoms with E-state index in [1.807, 2.05) is 30.8 Å². The third kappa shape index (κ3) is 4.57. The number of hydrogen-bond donors (Lipinski definition) is 1. The average molecular weight is 417 g/mol. The summed E-state index contributed by atoms with van der Waals surface area (Å²) in [6.45, 7) is 6.02. The largest absolute Gasteiger partial charge is 0.388 e. The van der Waals surface area contributed by atoms with Crippen LogP contribution in [0.15, 0.2) is 24.8 Å². The molecule has 1 unspecified atom stereocenters. The van der Waals surface area contributed by atoms with Gasteiger partial charge in [0.15, 0.2) is 6.29 Å². The Morgan fingerprint density at radius 1 is 1.17 bits per heavy atom. The molecule has 2 saturated carbocycles. The lowest BCUT2D eigenvalue weighted by atomic mass is 9.68. The minimum atomic E-state index is -0.563. The van der Waals surface area contributed by atoms with Crippen LogP contribution >= 0.6 is 0 Å². The molecule has 30 heavy (non-hydrogen) atoms. The highest BCUT2D eigenvalue weighted by molar-refractivity contribution is 5.59. The summed E-state index contributed by atoms with van der Waals surface area (Å²) in [6, 6.07) is 2.18. The molecule has 2 fully saturated rings. The van der Waals surface area contributed by atoms with Crippen molar-refractivity contribution >= 4 is 5.52 Å². The first-order chi connectivity index (χ1) is 14.7. The first-order valence-electron chi connectivity index (χ1n) is 11.6. The Hall–Kier alpha value is -1.47. The van der Waals surface area contributed by atoms with Crippen LogP contribution in [0.3, 0.4) is 0 Å². The number of ether oxygens (including phenoxy) is 3. The zero-order chi connectivity index (χ0) is 21.0. The number of hydrogen-bond acceptors (Lipinski definition) is 5. The lowest BCUT2D eigenvalue weighted by Gasteiger charge is -2.42. The summed E-state index contributed by atoms with van der Waals surface area (Å²) < 4.78 is 19.5. The van der Waals surface area contributed by atoms with Crippen LogP contribution in [0.4, 0.5) is 0 Å². The highest BCUT2D eigenvalue weighted by atomic mass is 16.7. The number of aromatic nitrogens is 2. The van der Waals surface area contributed by atoms with Crippen molar-refractivity contribution in [3.63, 3.8) is 0 Å². The van der Waals surface area contributed by atoms with E-state index in [2.05, 4.69) is 17.2 Å². The second-order valence-corrected chi connectivity index (χ2v) is 8.83. The van der Waals surface area contributed by atoms with Gasteiger partial charge in [0.25, 0.3) is 0 Å². The molecule has 1 atom stereocenters. The molecule has 166 valence electrons. The molecule has 6 heteroatoms.